The number of hydrogen-bond donors (Lipinski definition) is 4. The van der Waals surface area contributed by atoms with E-state index in [4.69, 9.17) is 17.6 Å². The van der Waals surface area contributed by atoms with Crippen LogP contribution in [0.2, 0.25) is 0 Å². The molecule has 4 nitrogen and oxygen atoms in total. The molecule has 0 aromatic carbocycles. The van der Waals surface area contributed by atoms with E-state index in [1.54, 1.807) is 0 Å². The van der Waals surface area contributed by atoms with Gasteiger partial charge >= 0.3 is 33.9 Å². The molecule has 0 heterocycles. The van der Waals surface area contributed by atoms with E-state index in [2.05, 4.69) is 0 Å². The van der Waals surface area contributed by atoms with E-state index in [1.807, 2.05) is 0 Å². The molecular weight excluding hydrogens is 154 g/mol. The molecule has 0 unspecified atom stereocenters. The summed E-state index contributed by atoms with van der Waals surface area (Å²) < 4.78 is 19.5. The summed E-state index contributed by atoms with van der Waals surface area (Å²) in [6.07, 6.45) is 0. The van der Waals surface area contributed by atoms with Crippen LogP contribution >= 0.6 is 0 Å². The van der Waals surface area contributed by atoms with Crippen molar-refractivity contribution in [3.63, 3.8) is 0 Å². The summed E-state index contributed by atoms with van der Waals surface area (Å²) in [6.45, 7) is 0. The summed E-state index contributed by atoms with van der Waals surface area (Å²) >= 11 is -2.94. The predicted molar refractivity (Wildman–Crippen MR) is 16.7 cm³/mol. The van der Waals surface area contributed by atoms with Crippen LogP contribution in [0.4, 0.5) is 0 Å². The molecule has 0 amide bonds. The molecular formula is H8N4Tc. The predicted octanol–water partition coefficient (Wildman–Crippen LogP) is -2.36. The van der Waals surface area contributed by atoms with Crippen molar-refractivity contribution in [2.24, 2.45) is 17.6 Å². The van der Waals surface area contributed by atoms with Crippen LogP contribution in [-0.4, -0.2) is 0 Å². The molecule has 0 aromatic rings. The first-order valence-corrected chi connectivity index (χ1v) is 5.16. The average Bonchev–Trinajstić information content (AvgIpc) is 0.722. The van der Waals surface area contributed by atoms with Gasteiger partial charge in [-0.2, -0.15) is 0 Å². The maximum atomic E-state index is 4.87. The Bertz CT molecular complexity index is 19.1. The third-order valence-corrected chi connectivity index (χ3v) is 0. The molecule has 35 valence electrons. The van der Waals surface area contributed by atoms with E-state index in [9.17, 15) is 0 Å². The van der Waals surface area contributed by atoms with Crippen LogP contribution in [0.3, 0.4) is 0 Å². The van der Waals surface area contributed by atoms with E-state index < -0.39 is 16.3 Å². The molecule has 0 aromatic heterocycles. The van der Waals surface area contributed by atoms with Crippen molar-refractivity contribution in [2.75, 3.05) is 0 Å². The molecule has 0 aliphatic heterocycles. The summed E-state index contributed by atoms with van der Waals surface area (Å²) in [5.41, 5.74) is 0. The third-order valence-electron chi connectivity index (χ3n) is 0. The zero-order valence-electron chi connectivity index (χ0n) is 2.69. The van der Waals surface area contributed by atoms with Crippen molar-refractivity contribution in [3.05, 3.63) is 0 Å². The van der Waals surface area contributed by atoms with Crippen molar-refractivity contribution in [1.29, 1.82) is 0 Å². The van der Waals surface area contributed by atoms with Gasteiger partial charge in [0.15, 0.2) is 0 Å². The zero-order chi connectivity index (χ0) is 4.50. The van der Waals surface area contributed by atoms with Crippen molar-refractivity contribution >= 4 is 0 Å². The number of nitrogens with two attached hydrogens (primary N) is 4. The van der Waals surface area contributed by atoms with Crippen molar-refractivity contribution in [1.82, 2.24) is 0 Å². The second-order valence-corrected chi connectivity index (χ2v) is 4.47. The summed E-state index contributed by atoms with van der Waals surface area (Å²) in [7, 11) is 0. The van der Waals surface area contributed by atoms with Gasteiger partial charge in [-0.3, -0.25) is 0 Å². The summed E-state index contributed by atoms with van der Waals surface area (Å²) in [5, 5.41) is 0. The van der Waals surface area contributed by atoms with Crippen LogP contribution < -0.4 is 17.6 Å². The molecule has 0 saturated heterocycles. The Morgan fingerprint density at radius 3 is 0.800 bits per heavy atom. The van der Waals surface area contributed by atoms with E-state index in [-0.39, 0.29) is 0 Å². The minimum atomic E-state index is -2.94. The molecule has 0 atom stereocenters. The van der Waals surface area contributed by atoms with Gasteiger partial charge in [0.2, 0.25) is 0 Å². The van der Waals surface area contributed by atoms with Gasteiger partial charge in [-0.1, -0.05) is 0 Å². The fraction of sp³-hybridized carbons (Fsp3) is 0. The first-order valence-electron chi connectivity index (χ1n) is 0.873. The topological polar surface area (TPSA) is 104 Å². The molecule has 5 heavy (non-hydrogen) atoms. The molecule has 0 saturated carbocycles. The Balaban J connectivity index is 3.02. The minimum absolute atomic E-state index is 2.94. The first kappa shape index (κ1) is 5.49. The molecule has 0 spiro atoms. The van der Waals surface area contributed by atoms with Crippen LogP contribution in [0.5, 0.6) is 0 Å². The van der Waals surface area contributed by atoms with Crippen LogP contribution in [-0.2, 0) is 16.3 Å². The Hall–Kier alpha value is 0.489. The second kappa shape index (κ2) is 1.30. The molecule has 0 aliphatic carbocycles. The Kier molecular flexibility index (Phi) is 1.43. The fourth-order valence-electron chi connectivity index (χ4n) is 0. The van der Waals surface area contributed by atoms with Gasteiger partial charge in [0.25, 0.3) is 0 Å². The average molecular weight is 162 g/mol. The monoisotopic (exact) mass is 161 g/mol. The molecule has 0 fully saturated rings. The normalized spacial score (nSPS) is 15.2. The van der Waals surface area contributed by atoms with Gasteiger partial charge in [-0.05, 0) is 0 Å². The zero-order valence-corrected chi connectivity index (χ0v) is 4.55. The fourth-order valence-corrected chi connectivity index (χ4v) is 0. The van der Waals surface area contributed by atoms with Crippen molar-refractivity contribution in [2.45, 2.75) is 0 Å². The quantitative estimate of drug-likeness (QED) is 0.319. The van der Waals surface area contributed by atoms with Gasteiger partial charge in [-0.15, -0.1) is 0 Å². The van der Waals surface area contributed by atoms with Crippen LogP contribution in [0.25, 0.3) is 0 Å². The van der Waals surface area contributed by atoms with E-state index in [0.717, 1.165) is 0 Å². The molecule has 0 bridgehead atoms. The SMILES string of the molecule is [NH2][Tc]([NH2])([NH2])[NH2]. The van der Waals surface area contributed by atoms with E-state index in [1.165, 1.54) is 0 Å². The Labute approximate surface area is 34.6 Å². The maximum absolute atomic E-state index is 4.87. The number of rotatable bonds is 0. The third kappa shape index (κ3) is 116. The van der Waals surface area contributed by atoms with E-state index in [0.29, 0.717) is 0 Å². The molecule has 5 heteroatoms. The Morgan fingerprint density at radius 1 is 0.800 bits per heavy atom. The van der Waals surface area contributed by atoms with Crippen LogP contribution in [0.15, 0.2) is 0 Å². The van der Waals surface area contributed by atoms with Gasteiger partial charge in [0.05, 0.1) is 0 Å². The van der Waals surface area contributed by atoms with Gasteiger partial charge in [0, 0.05) is 0 Å². The van der Waals surface area contributed by atoms with Crippen LogP contribution in [0.1, 0.15) is 0 Å². The summed E-state index contributed by atoms with van der Waals surface area (Å²) in [4.78, 5) is 0. The first-order chi connectivity index (χ1) is 2.00. The second-order valence-electron chi connectivity index (χ2n) is 0.756. The standard InChI is InChI=1S/4H2N.Tc/h4*1H2;/q4*-1;+4. The number of hydrogen-bond acceptors (Lipinski definition) is 4. The molecule has 0 aliphatic rings. The molecule has 8 N–H and O–H groups in total. The summed E-state index contributed by atoms with van der Waals surface area (Å²) in [6, 6.07) is 0. The van der Waals surface area contributed by atoms with E-state index >= 15 is 0 Å². The van der Waals surface area contributed by atoms with Crippen LogP contribution in [0, 0.1) is 0 Å². The van der Waals surface area contributed by atoms with Gasteiger partial charge in [-0.25, -0.2) is 0 Å². The van der Waals surface area contributed by atoms with Crippen molar-refractivity contribution < 1.29 is 16.3 Å². The van der Waals surface area contributed by atoms with Gasteiger partial charge < -0.3 is 0 Å². The van der Waals surface area contributed by atoms with Gasteiger partial charge in [0.1, 0.15) is 0 Å². The molecule has 0 rings (SSSR count). The molecule has 0 radical (unpaired) electrons. The Morgan fingerprint density at radius 2 is 0.800 bits per heavy atom. The summed E-state index contributed by atoms with van der Waals surface area (Å²) in [5.74, 6) is 0. The van der Waals surface area contributed by atoms with Crippen molar-refractivity contribution in [3.8, 4) is 0 Å².